The number of rotatable bonds is 2. The second-order valence-electron chi connectivity index (χ2n) is 6.58. The molecular weight excluding hydrogens is 236 g/mol. The number of fused-ring (bicyclic) bond motifs is 1. The summed E-state index contributed by atoms with van der Waals surface area (Å²) in [5.74, 6) is 3.54. The molecule has 102 valence electrons. The highest BCUT2D eigenvalue weighted by Crippen LogP contribution is 2.37. The Hall–Kier alpha value is -1.16. The summed E-state index contributed by atoms with van der Waals surface area (Å²) < 4.78 is 0. The Morgan fingerprint density at radius 2 is 1.79 bits per heavy atom. The Kier molecular flexibility index (Phi) is 2.72. The largest absolute Gasteiger partial charge is 0.356 e. The van der Waals surface area contributed by atoms with E-state index in [9.17, 15) is 0 Å². The Balaban J connectivity index is 1.51. The van der Waals surface area contributed by atoms with E-state index in [4.69, 9.17) is 0 Å². The Morgan fingerprint density at radius 1 is 1.05 bits per heavy atom. The van der Waals surface area contributed by atoms with E-state index in [0.29, 0.717) is 5.92 Å². The normalized spacial score (nSPS) is 31.5. The first-order valence-electron chi connectivity index (χ1n) is 7.55. The lowest BCUT2D eigenvalue weighted by Crippen LogP contribution is -2.27. The lowest BCUT2D eigenvalue weighted by atomic mass is 9.83. The van der Waals surface area contributed by atoms with Crippen LogP contribution in [-0.2, 0) is 0 Å². The van der Waals surface area contributed by atoms with Gasteiger partial charge in [0, 0.05) is 43.9 Å². The summed E-state index contributed by atoms with van der Waals surface area (Å²) in [6.07, 6.45) is 5.76. The third kappa shape index (κ3) is 2.02. The molecule has 4 heteroatoms. The third-order valence-electron chi connectivity index (χ3n) is 5.19. The number of likely N-dealkylation sites (tertiary alicyclic amines) is 1. The first-order chi connectivity index (χ1) is 9.29. The molecule has 3 aliphatic rings. The van der Waals surface area contributed by atoms with E-state index in [2.05, 4.69) is 32.9 Å². The summed E-state index contributed by atoms with van der Waals surface area (Å²) in [4.78, 5) is 13.9. The number of anilines is 1. The van der Waals surface area contributed by atoms with Crippen molar-refractivity contribution in [1.29, 1.82) is 0 Å². The van der Waals surface area contributed by atoms with Gasteiger partial charge in [-0.1, -0.05) is 6.42 Å². The molecule has 2 saturated heterocycles. The second kappa shape index (κ2) is 4.44. The van der Waals surface area contributed by atoms with Gasteiger partial charge in [-0.2, -0.15) is 0 Å². The van der Waals surface area contributed by atoms with E-state index in [1.807, 2.05) is 0 Å². The van der Waals surface area contributed by atoms with Crippen LogP contribution in [-0.4, -0.2) is 48.1 Å². The van der Waals surface area contributed by atoms with Gasteiger partial charge in [0.15, 0.2) is 0 Å². The monoisotopic (exact) mass is 258 g/mol. The Labute approximate surface area is 114 Å². The molecule has 4 rings (SSSR count). The van der Waals surface area contributed by atoms with E-state index in [1.165, 1.54) is 51.1 Å². The van der Waals surface area contributed by atoms with Gasteiger partial charge < -0.3 is 9.80 Å². The molecule has 0 unspecified atom stereocenters. The standard InChI is InChI=1S/C15H22N4/c1-18-6-12-8-19(9-13(12)7-18)15-5-14(16-10-17-15)11-3-2-4-11/h5,10-13H,2-4,6-9H2,1H3/t12-,13+. The number of nitrogens with zero attached hydrogens (tertiary/aromatic N) is 4. The molecular formula is C15H22N4. The minimum atomic E-state index is 0.704. The first-order valence-corrected chi connectivity index (χ1v) is 7.55. The Bertz CT molecular complexity index is 457. The van der Waals surface area contributed by atoms with Crippen LogP contribution >= 0.6 is 0 Å². The molecule has 1 aromatic rings. The zero-order valence-electron chi connectivity index (χ0n) is 11.6. The lowest BCUT2D eigenvalue weighted by Gasteiger charge is -2.26. The van der Waals surface area contributed by atoms with Crippen molar-refractivity contribution in [2.24, 2.45) is 11.8 Å². The fourth-order valence-corrected chi connectivity index (χ4v) is 3.88. The minimum Gasteiger partial charge on any atom is -0.356 e. The molecule has 0 spiro atoms. The van der Waals surface area contributed by atoms with E-state index in [0.717, 1.165) is 17.7 Å². The SMILES string of the molecule is CN1C[C@@H]2CN(c3cc(C4CCC4)ncn3)C[C@@H]2C1. The van der Waals surface area contributed by atoms with Crippen molar-refractivity contribution in [3.63, 3.8) is 0 Å². The lowest BCUT2D eigenvalue weighted by molar-refractivity contribution is 0.386. The highest BCUT2D eigenvalue weighted by molar-refractivity contribution is 5.42. The zero-order chi connectivity index (χ0) is 12.8. The van der Waals surface area contributed by atoms with Crippen LogP contribution in [0.5, 0.6) is 0 Å². The fourth-order valence-electron chi connectivity index (χ4n) is 3.88. The number of aromatic nitrogens is 2. The topological polar surface area (TPSA) is 32.3 Å². The molecule has 1 saturated carbocycles. The molecule has 0 bridgehead atoms. The van der Waals surface area contributed by atoms with E-state index in [1.54, 1.807) is 6.33 Å². The summed E-state index contributed by atoms with van der Waals surface area (Å²) >= 11 is 0. The van der Waals surface area contributed by atoms with Gasteiger partial charge in [0.05, 0.1) is 0 Å². The minimum absolute atomic E-state index is 0.704. The first kappa shape index (κ1) is 11.6. The van der Waals surface area contributed by atoms with Gasteiger partial charge in [-0.25, -0.2) is 9.97 Å². The van der Waals surface area contributed by atoms with Gasteiger partial charge >= 0.3 is 0 Å². The second-order valence-corrected chi connectivity index (χ2v) is 6.58. The molecule has 0 aromatic carbocycles. The predicted molar refractivity (Wildman–Crippen MR) is 75.3 cm³/mol. The van der Waals surface area contributed by atoms with Crippen molar-refractivity contribution in [3.05, 3.63) is 18.1 Å². The van der Waals surface area contributed by atoms with Crippen LogP contribution in [0.4, 0.5) is 5.82 Å². The van der Waals surface area contributed by atoms with Gasteiger partial charge in [0.1, 0.15) is 12.1 Å². The molecule has 1 aromatic heterocycles. The summed E-state index contributed by atoms with van der Waals surface area (Å²) in [5.41, 5.74) is 1.27. The van der Waals surface area contributed by atoms with Crippen LogP contribution < -0.4 is 4.90 Å². The molecule has 3 fully saturated rings. The maximum atomic E-state index is 4.51. The van der Waals surface area contributed by atoms with Crippen molar-refractivity contribution < 1.29 is 0 Å². The number of hydrogen-bond acceptors (Lipinski definition) is 4. The maximum Gasteiger partial charge on any atom is 0.132 e. The van der Waals surface area contributed by atoms with Crippen molar-refractivity contribution in [1.82, 2.24) is 14.9 Å². The molecule has 0 N–H and O–H groups in total. The van der Waals surface area contributed by atoms with Gasteiger partial charge in [-0.05, 0) is 31.7 Å². The van der Waals surface area contributed by atoms with E-state index >= 15 is 0 Å². The van der Waals surface area contributed by atoms with Crippen LogP contribution in [0.3, 0.4) is 0 Å². The van der Waals surface area contributed by atoms with E-state index < -0.39 is 0 Å². The van der Waals surface area contributed by atoms with Gasteiger partial charge in [-0.15, -0.1) is 0 Å². The maximum absolute atomic E-state index is 4.51. The van der Waals surface area contributed by atoms with Crippen LogP contribution in [0.2, 0.25) is 0 Å². The van der Waals surface area contributed by atoms with Gasteiger partial charge in [-0.3, -0.25) is 0 Å². The van der Waals surface area contributed by atoms with Crippen LogP contribution in [0.1, 0.15) is 30.9 Å². The van der Waals surface area contributed by atoms with Crippen LogP contribution in [0, 0.1) is 11.8 Å². The van der Waals surface area contributed by atoms with Crippen molar-refractivity contribution >= 4 is 5.82 Å². The van der Waals surface area contributed by atoms with Crippen molar-refractivity contribution in [2.45, 2.75) is 25.2 Å². The molecule has 2 atom stereocenters. The van der Waals surface area contributed by atoms with Crippen LogP contribution in [0.15, 0.2) is 12.4 Å². The quantitative estimate of drug-likeness (QED) is 0.809. The average molecular weight is 258 g/mol. The molecule has 0 radical (unpaired) electrons. The molecule has 4 nitrogen and oxygen atoms in total. The molecule has 1 aliphatic carbocycles. The van der Waals surface area contributed by atoms with Crippen molar-refractivity contribution in [3.8, 4) is 0 Å². The summed E-state index contributed by atoms with van der Waals surface area (Å²) in [6, 6.07) is 2.24. The predicted octanol–water partition coefficient (Wildman–Crippen LogP) is 1.74. The highest BCUT2D eigenvalue weighted by Gasteiger charge is 2.39. The van der Waals surface area contributed by atoms with Gasteiger partial charge in [0.2, 0.25) is 0 Å². The molecule has 19 heavy (non-hydrogen) atoms. The Morgan fingerprint density at radius 3 is 2.42 bits per heavy atom. The summed E-state index contributed by atoms with van der Waals surface area (Å²) in [6.45, 7) is 4.86. The van der Waals surface area contributed by atoms with Gasteiger partial charge in [0.25, 0.3) is 0 Å². The molecule has 3 heterocycles. The smallest absolute Gasteiger partial charge is 0.132 e. The zero-order valence-corrected chi connectivity index (χ0v) is 11.6. The molecule has 0 amide bonds. The molecule has 2 aliphatic heterocycles. The summed E-state index contributed by atoms with van der Waals surface area (Å²) in [5, 5.41) is 0. The third-order valence-corrected chi connectivity index (χ3v) is 5.19. The fraction of sp³-hybridized carbons (Fsp3) is 0.733. The van der Waals surface area contributed by atoms with Crippen molar-refractivity contribution in [2.75, 3.05) is 38.1 Å². The van der Waals surface area contributed by atoms with Crippen LogP contribution in [0.25, 0.3) is 0 Å². The summed E-state index contributed by atoms with van der Waals surface area (Å²) in [7, 11) is 2.24. The number of hydrogen-bond donors (Lipinski definition) is 0. The highest BCUT2D eigenvalue weighted by atomic mass is 15.3. The van der Waals surface area contributed by atoms with E-state index in [-0.39, 0.29) is 0 Å². The average Bonchev–Trinajstić information content (AvgIpc) is 2.84.